The van der Waals surface area contributed by atoms with E-state index in [9.17, 15) is 0 Å². The van der Waals surface area contributed by atoms with Crippen LogP contribution in [0.25, 0.3) is 0 Å². The maximum absolute atomic E-state index is 6.26. The summed E-state index contributed by atoms with van der Waals surface area (Å²) in [6.45, 7) is 0. The fourth-order valence-corrected chi connectivity index (χ4v) is 2.62. The van der Waals surface area contributed by atoms with Crippen molar-refractivity contribution in [1.29, 1.82) is 0 Å². The third kappa shape index (κ3) is 2.76. The Morgan fingerprint density at radius 2 is 2.12 bits per heavy atom. The predicted octanol–water partition coefficient (Wildman–Crippen LogP) is 2.76. The van der Waals surface area contributed by atoms with Gasteiger partial charge in [-0.25, -0.2) is 0 Å². The van der Waals surface area contributed by atoms with Crippen molar-refractivity contribution in [2.75, 3.05) is 7.11 Å². The first-order valence-corrected chi connectivity index (χ1v) is 6.18. The summed E-state index contributed by atoms with van der Waals surface area (Å²) >= 11 is 0. The summed E-state index contributed by atoms with van der Waals surface area (Å²) in [5.41, 5.74) is 7.55. The molecule has 1 aromatic carbocycles. The van der Waals surface area contributed by atoms with E-state index in [1.165, 1.54) is 31.2 Å². The molecule has 1 aliphatic carbocycles. The van der Waals surface area contributed by atoms with Gasteiger partial charge in [0.15, 0.2) is 0 Å². The molecule has 1 aliphatic rings. The number of methoxy groups -OCH3 is 1. The molecule has 16 heavy (non-hydrogen) atoms. The van der Waals surface area contributed by atoms with Crippen LogP contribution >= 0.6 is 0 Å². The molecular formula is C14H21NO. The van der Waals surface area contributed by atoms with Gasteiger partial charge in [0.2, 0.25) is 0 Å². The molecule has 0 spiro atoms. The number of rotatable bonds is 4. The fraction of sp³-hybridized carbons (Fsp3) is 0.571. The zero-order valence-corrected chi connectivity index (χ0v) is 9.99. The van der Waals surface area contributed by atoms with Gasteiger partial charge < -0.3 is 10.5 Å². The molecule has 1 aromatic rings. The van der Waals surface area contributed by atoms with Crippen molar-refractivity contribution in [2.24, 2.45) is 11.7 Å². The van der Waals surface area contributed by atoms with Crippen molar-refractivity contribution >= 4 is 0 Å². The minimum absolute atomic E-state index is 0.314. The molecule has 0 aromatic heterocycles. The molecule has 0 bridgehead atoms. The predicted molar refractivity (Wildman–Crippen MR) is 66.6 cm³/mol. The summed E-state index contributed by atoms with van der Waals surface area (Å²) < 4.78 is 5.22. The highest BCUT2D eigenvalue weighted by atomic mass is 16.5. The van der Waals surface area contributed by atoms with Crippen LogP contribution in [0, 0.1) is 5.92 Å². The van der Waals surface area contributed by atoms with Gasteiger partial charge in [-0.2, -0.15) is 0 Å². The molecule has 0 heterocycles. The van der Waals surface area contributed by atoms with Crippen molar-refractivity contribution in [1.82, 2.24) is 0 Å². The van der Waals surface area contributed by atoms with Gasteiger partial charge in [-0.15, -0.1) is 0 Å². The molecule has 2 N–H and O–H groups in total. The van der Waals surface area contributed by atoms with Crippen molar-refractivity contribution in [3.63, 3.8) is 0 Å². The normalized spacial score (nSPS) is 18.6. The van der Waals surface area contributed by atoms with E-state index >= 15 is 0 Å². The van der Waals surface area contributed by atoms with Crippen LogP contribution in [0.2, 0.25) is 0 Å². The molecule has 0 amide bonds. The van der Waals surface area contributed by atoms with Crippen molar-refractivity contribution in [3.05, 3.63) is 29.8 Å². The Labute approximate surface area is 97.8 Å². The van der Waals surface area contributed by atoms with Crippen LogP contribution in [0.1, 0.15) is 31.2 Å². The zero-order valence-electron chi connectivity index (χ0n) is 9.99. The molecule has 1 saturated carbocycles. The Bertz CT molecular complexity index is 331. The molecule has 1 atom stereocenters. The highest BCUT2D eigenvalue weighted by Crippen LogP contribution is 2.28. The Balaban J connectivity index is 1.96. The number of nitrogens with two attached hydrogens (primary N) is 1. The maximum atomic E-state index is 6.26. The molecule has 88 valence electrons. The second-order valence-electron chi connectivity index (χ2n) is 4.76. The molecule has 0 aliphatic heterocycles. The first-order chi connectivity index (χ1) is 7.79. The highest BCUT2D eigenvalue weighted by molar-refractivity contribution is 5.29. The van der Waals surface area contributed by atoms with Crippen molar-refractivity contribution < 1.29 is 4.74 Å². The number of ether oxygens (including phenoxy) is 1. The summed E-state index contributed by atoms with van der Waals surface area (Å²) in [7, 11) is 1.70. The average Bonchev–Trinajstić information content (AvgIpc) is 2.83. The van der Waals surface area contributed by atoms with Crippen LogP contribution in [0.3, 0.4) is 0 Å². The lowest BCUT2D eigenvalue weighted by atomic mass is 9.93. The van der Waals surface area contributed by atoms with Crippen LogP contribution in [-0.2, 0) is 6.42 Å². The monoisotopic (exact) mass is 219 g/mol. The van der Waals surface area contributed by atoms with Gasteiger partial charge in [0.05, 0.1) is 7.11 Å². The molecule has 0 saturated heterocycles. The molecule has 1 unspecified atom stereocenters. The molecule has 2 rings (SSSR count). The van der Waals surface area contributed by atoms with E-state index in [-0.39, 0.29) is 0 Å². The van der Waals surface area contributed by atoms with E-state index in [1.807, 2.05) is 12.1 Å². The van der Waals surface area contributed by atoms with E-state index in [0.29, 0.717) is 6.04 Å². The topological polar surface area (TPSA) is 35.2 Å². The van der Waals surface area contributed by atoms with Crippen LogP contribution in [-0.4, -0.2) is 13.2 Å². The molecular weight excluding hydrogens is 198 g/mol. The van der Waals surface area contributed by atoms with E-state index in [0.717, 1.165) is 18.1 Å². The minimum atomic E-state index is 0.314. The van der Waals surface area contributed by atoms with Crippen LogP contribution in [0.15, 0.2) is 24.3 Å². The van der Waals surface area contributed by atoms with E-state index in [4.69, 9.17) is 10.5 Å². The van der Waals surface area contributed by atoms with Gasteiger partial charge in [0.1, 0.15) is 5.75 Å². The number of hydrogen-bond acceptors (Lipinski definition) is 2. The highest BCUT2D eigenvalue weighted by Gasteiger charge is 2.21. The summed E-state index contributed by atoms with van der Waals surface area (Å²) in [6.07, 6.45) is 6.31. The van der Waals surface area contributed by atoms with E-state index in [1.54, 1.807) is 7.11 Å². The first-order valence-electron chi connectivity index (χ1n) is 6.18. The van der Waals surface area contributed by atoms with E-state index < -0.39 is 0 Å². The van der Waals surface area contributed by atoms with Gasteiger partial charge in [-0.1, -0.05) is 25.0 Å². The Morgan fingerprint density at radius 3 is 2.81 bits per heavy atom. The van der Waals surface area contributed by atoms with Gasteiger partial charge >= 0.3 is 0 Å². The second-order valence-corrected chi connectivity index (χ2v) is 4.76. The SMILES string of the molecule is COc1cccc(CC(N)C2CCCC2)c1. The lowest BCUT2D eigenvalue weighted by Gasteiger charge is -2.18. The smallest absolute Gasteiger partial charge is 0.119 e. The lowest BCUT2D eigenvalue weighted by Crippen LogP contribution is -2.30. The molecule has 1 fully saturated rings. The average molecular weight is 219 g/mol. The Hall–Kier alpha value is -1.02. The summed E-state index contributed by atoms with van der Waals surface area (Å²) in [5.74, 6) is 1.65. The minimum Gasteiger partial charge on any atom is -0.497 e. The summed E-state index contributed by atoms with van der Waals surface area (Å²) in [4.78, 5) is 0. The van der Waals surface area contributed by atoms with Gasteiger partial charge in [-0.05, 0) is 42.9 Å². The largest absolute Gasteiger partial charge is 0.497 e. The molecule has 2 nitrogen and oxygen atoms in total. The quantitative estimate of drug-likeness (QED) is 0.845. The van der Waals surface area contributed by atoms with E-state index in [2.05, 4.69) is 12.1 Å². The standard InChI is InChI=1S/C14H21NO/c1-16-13-8-4-5-11(9-13)10-14(15)12-6-2-3-7-12/h4-5,8-9,12,14H,2-3,6-7,10,15H2,1H3. The van der Waals surface area contributed by atoms with Crippen molar-refractivity contribution in [3.8, 4) is 5.75 Å². The van der Waals surface area contributed by atoms with Crippen molar-refractivity contribution in [2.45, 2.75) is 38.1 Å². The first kappa shape index (κ1) is 11.5. The molecule has 2 heteroatoms. The number of hydrogen-bond donors (Lipinski definition) is 1. The van der Waals surface area contributed by atoms with Crippen LogP contribution < -0.4 is 10.5 Å². The summed E-state index contributed by atoms with van der Waals surface area (Å²) in [5, 5.41) is 0. The second kappa shape index (κ2) is 5.35. The maximum Gasteiger partial charge on any atom is 0.119 e. The lowest BCUT2D eigenvalue weighted by molar-refractivity contribution is 0.411. The Kier molecular flexibility index (Phi) is 3.83. The zero-order chi connectivity index (χ0) is 11.4. The number of benzene rings is 1. The Morgan fingerprint density at radius 1 is 1.38 bits per heavy atom. The van der Waals surface area contributed by atoms with Gasteiger partial charge in [0, 0.05) is 6.04 Å². The van der Waals surface area contributed by atoms with Gasteiger partial charge in [-0.3, -0.25) is 0 Å². The molecule has 0 radical (unpaired) electrons. The van der Waals surface area contributed by atoms with Crippen LogP contribution in [0.4, 0.5) is 0 Å². The van der Waals surface area contributed by atoms with Crippen LogP contribution in [0.5, 0.6) is 5.75 Å². The summed E-state index contributed by atoms with van der Waals surface area (Å²) in [6, 6.07) is 8.56. The fourth-order valence-electron chi connectivity index (χ4n) is 2.62. The van der Waals surface area contributed by atoms with Gasteiger partial charge in [0.25, 0.3) is 0 Å². The third-order valence-electron chi connectivity index (χ3n) is 3.61. The third-order valence-corrected chi connectivity index (χ3v) is 3.61.